The van der Waals surface area contributed by atoms with Crippen molar-refractivity contribution in [3.05, 3.63) is 35.1 Å². The Labute approximate surface area is 141 Å². The molecule has 4 atom stereocenters. The number of rotatable bonds is 0. The summed E-state index contributed by atoms with van der Waals surface area (Å²) in [5.74, 6) is -0.897. The van der Waals surface area contributed by atoms with Crippen LogP contribution in [0.25, 0.3) is 0 Å². The quantitative estimate of drug-likeness (QED) is 0.763. The fraction of sp³-hybridized carbons (Fsp3) is 0.611. The maximum atomic E-state index is 13.7. The van der Waals surface area contributed by atoms with Gasteiger partial charge in [-0.3, -0.25) is 0 Å². The van der Waals surface area contributed by atoms with Crippen LogP contribution in [0, 0.1) is 5.82 Å². The van der Waals surface area contributed by atoms with Gasteiger partial charge in [0.1, 0.15) is 11.4 Å². The first-order chi connectivity index (χ1) is 11.2. The SMILES string of the molecule is CC(C)(C)OC(=O)N1Cc2ccc(F)cc2[C@@H]2[C@@H](O)[C@@H](O)CC[C@@H]21. The van der Waals surface area contributed by atoms with Gasteiger partial charge in [-0.1, -0.05) is 6.07 Å². The predicted molar refractivity (Wildman–Crippen MR) is 86.0 cm³/mol. The van der Waals surface area contributed by atoms with E-state index in [1.54, 1.807) is 31.7 Å². The Hall–Kier alpha value is -1.66. The van der Waals surface area contributed by atoms with Crippen molar-refractivity contribution in [2.45, 2.75) is 69.9 Å². The third-order valence-electron chi connectivity index (χ3n) is 4.77. The topological polar surface area (TPSA) is 70.0 Å². The largest absolute Gasteiger partial charge is 0.444 e. The van der Waals surface area contributed by atoms with E-state index in [1.165, 1.54) is 12.1 Å². The van der Waals surface area contributed by atoms with E-state index in [-0.39, 0.29) is 11.9 Å². The number of nitrogens with zero attached hydrogens (tertiary/aromatic N) is 1. The zero-order valence-corrected chi connectivity index (χ0v) is 14.2. The third kappa shape index (κ3) is 3.13. The summed E-state index contributed by atoms with van der Waals surface area (Å²) < 4.78 is 19.2. The third-order valence-corrected chi connectivity index (χ3v) is 4.77. The number of carbonyl (C=O) groups is 1. The zero-order chi connectivity index (χ0) is 17.6. The van der Waals surface area contributed by atoms with Gasteiger partial charge in [0.15, 0.2) is 0 Å². The molecule has 6 heteroatoms. The highest BCUT2D eigenvalue weighted by Crippen LogP contribution is 2.43. The van der Waals surface area contributed by atoms with Gasteiger partial charge in [0, 0.05) is 18.5 Å². The van der Waals surface area contributed by atoms with Crippen molar-refractivity contribution in [1.82, 2.24) is 4.90 Å². The van der Waals surface area contributed by atoms with E-state index < -0.39 is 29.8 Å². The van der Waals surface area contributed by atoms with Crippen molar-refractivity contribution >= 4 is 6.09 Å². The molecule has 0 aromatic heterocycles. The monoisotopic (exact) mass is 337 g/mol. The lowest BCUT2D eigenvalue weighted by Crippen LogP contribution is -2.55. The summed E-state index contributed by atoms with van der Waals surface area (Å²) in [6.45, 7) is 5.72. The molecule has 1 heterocycles. The zero-order valence-electron chi connectivity index (χ0n) is 14.2. The van der Waals surface area contributed by atoms with Crippen molar-refractivity contribution in [2.24, 2.45) is 0 Å². The van der Waals surface area contributed by atoms with E-state index in [2.05, 4.69) is 0 Å². The summed E-state index contributed by atoms with van der Waals surface area (Å²) in [5.41, 5.74) is 0.824. The average Bonchev–Trinajstić information content (AvgIpc) is 2.48. The molecule has 5 nitrogen and oxygen atoms in total. The minimum atomic E-state index is -1.03. The van der Waals surface area contributed by atoms with Gasteiger partial charge in [-0.2, -0.15) is 0 Å². The van der Waals surface area contributed by atoms with Crippen molar-refractivity contribution < 1.29 is 24.1 Å². The van der Waals surface area contributed by atoms with E-state index in [0.29, 0.717) is 24.9 Å². The molecule has 0 spiro atoms. The van der Waals surface area contributed by atoms with Gasteiger partial charge >= 0.3 is 6.09 Å². The summed E-state index contributed by atoms with van der Waals surface area (Å²) in [4.78, 5) is 14.2. The smallest absolute Gasteiger partial charge is 0.410 e. The molecule has 24 heavy (non-hydrogen) atoms. The van der Waals surface area contributed by atoms with E-state index in [0.717, 1.165) is 5.56 Å². The number of halogens is 1. The molecule has 1 fully saturated rings. The summed E-state index contributed by atoms with van der Waals surface area (Å²) in [6, 6.07) is 4.07. The number of fused-ring (bicyclic) bond motifs is 3. The molecule has 1 saturated carbocycles. The molecule has 1 aliphatic heterocycles. The van der Waals surface area contributed by atoms with E-state index >= 15 is 0 Å². The van der Waals surface area contributed by atoms with E-state index in [4.69, 9.17) is 4.74 Å². The number of aliphatic hydroxyl groups excluding tert-OH is 2. The van der Waals surface area contributed by atoms with Crippen molar-refractivity contribution in [1.29, 1.82) is 0 Å². The average molecular weight is 337 g/mol. The summed E-state index contributed by atoms with van der Waals surface area (Å²) >= 11 is 0. The molecule has 0 unspecified atom stereocenters. The lowest BCUT2D eigenvalue weighted by atomic mass is 9.72. The van der Waals surface area contributed by atoms with Gasteiger partial charge in [-0.05, 0) is 56.9 Å². The van der Waals surface area contributed by atoms with Gasteiger partial charge in [-0.25, -0.2) is 9.18 Å². The highest BCUT2D eigenvalue weighted by atomic mass is 19.1. The molecular formula is C18H24FNO4. The number of amides is 1. The summed E-state index contributed by atoms with van der Waals surface area (Å²) in [6.07, 6.45) is -1.42. The first-order valence-corrected chi connectivity index (χ1v) is 8.31. The number of aliphatic hydroxyl groups is 2. The normalized spacial score (nSPS) is 29.7. The standard InChI is InChI=1S/C18H24FNO4/c1-18(2,3)24-17(23)20-9-10-4-5-11(19)8-12(10)15-13(20)6-7-14(21)16(15)22/h4-5,8,13-16,21-22H,6-7,9H2,1-3H3/t13-,14-,15-,16-/m0/s1. The van der Waals surface area contributed by atoms with Crippen LogP contribution in [0.15, 0.2) is 18.2 Å². The molecule has 0 radical (unpaired) electrons. The second-order valence-corrected chi connectivity index (χ2v) is 7.68. The van der Waals surface area contributed by atoms with Crippen molar-refractivity contribution in [3.8, 4) is 0 Å². The van der Waals surface area contributed by atoms with Crippen LogP contribution >= 0.6 is 0 Å². The number of hydrogen-bond donors (Lipinski definition) is 2. The molecular weight excluding hydrogens is 313 g/mol. The highest BCUT2D eigenvalue weighted by molar-refractivity contribution is 5.69. The first kappa shape index (κ1) is 17.2. The van der Waals surface area contributed by atoms with Crippen LogP contribution in [-0.4, -0.2) is 45.1 Å². The van der Waals surface area contributed by atoms with Gasteiger partial charge in [-0.15, -0.1) is 0 Å². The Kier molecular flexibility index (Phi) is 4.30. The van der Waals surface area contributed by atoms with Gasteiger partial charge < -0.3 is 19.8 Å². The van der Waals surface area contributed by atoms with Gasteiger partial charge in [0.2, 0.25) is 0 Å². The first-order valence-electron chi connectivity index (χ1n) is 8.31. The van der Waals surface area contributed by atoms with Crippen molar-refractivity contribution in [2.75, 3.05) is 0 Å². The van der Waals surface area contributed by atoms with E-state index in [9.17, 15) is 19.4 Å². The van der Waals surface area contributed by atoms with Crippen LogP contribution in [0.4, 0.5) is 9.18 Å². The molecule has 132 valence electrons. The fourth-order valence-corrected chi connectivity index (χ4v) is 3.74. The summed E-state index contributed by atoms with van der Waals surface area (Å²) in [5, 5.41) is 20.5. The van der Waals surface area contributed by atoms with E-state index in [1.807, 2.05) is 0 Å². The Balaban J connectivity index is 1.99. The number of carbonyl (C=O) groups excluding carboxylic acids is 1. The number of ether oxygens (including phenoxy) is 1. The maximum Gasteiger partial charge on any atom is 0.410 e. The molecule has 0 bridgehead atoms. The Morgan fingerprint density at radius 1 is 1.29 bits per heavy atom. The second kappa shape index (κ2) is 6.01. The van der Waals surface area contributed by atoms with Crippen LogP contribution in [0.1, 0.15) is 50.7 Å². The number of benzene rings is 1. The molecule has 2 N–H and O–H groups in total. The lowest BCUT2D eigenvalue weighted by molar-refractivity contribution is -0.0646. The molecule has 1 aromatic carbocycles. The van der Waals surface area contributed by atoms with Crippen LogP contribution in [0.3, 0.4) is 0 Å². The lowest BCUT2D eigenvalue weighted by Gasteiger charge is -2.48. The molecule has 3 rings (SSSR count). The molecule has 1 amide bonds. The minimum absolute atomic E-state index is 0.312. The second-order valence-electron chi connectivity index (χ2n) is 7.68. The van der Waals surface area contributed by atoms with Crippen LogP contribution in [-0.2, 0) is 11.3 Å². The Bertz CT molecular complexity index is 642. The highest BCUT2D eigenvalue weighted by Gasteiger charge is 2.47. The molecule has 1 aliphatic carbocycles. The van der Waals surface area contributed by atoms with Crippen LogP contribution in [0.2, 0.25) is 0 Å². The predicted octanol–water partition coefficient (Wildman–Crippen LogP) is 2.54. The minimum Gasteiger partial charge on any atom is -0.444 e. The Morgan fingerprint density at radius 2 is 2.00 bits per heavy atom. The molecule has 0 saturated heterocycles. The van der Waals surface area contributed by atoms with Crippen molar-refractivity contribution in [3.63, 3.8) is 0 Å². The summed E-state index contributed by atoms with van der Waals surface area (Å²) in [7, 11) is 0. The molecule has 1 aromatic rings. The van der Waals surface area contributed by atoms with Crippen LogP contribution < -0.4 is 0 Å². The molecule has 2 aliphatic rings. The fourth-order valence-electron chi connectivity index (χ4n) is 3.74. The Morgan fingerprint density at radius 3 is 2.67 bits per heavy atom. The van der Waals surface area contributed by atoms with Gasteiger partial charge in [0.05, 0.1) is 12.2 Å². The van der Waals surface area contributed by atoms with Crippen LogP contribution in [0.5, 0.6) is 0 Å². The number of hydrogen-bond acceptors (Lipinski definition) is 4. The maximum absolute atomic E-state index is 13.7. The van der Waals surface area contributed by atoms with Gasteiger partial charge in [0.25, 0.3) is 0 Å².